The number of halogens is 1. The standard InChI is InChI=1S/C15H9FN2O2/c16-12-6-2-1-5-11(12)14-18-13(15(19)20-14)8-10-4-3-7-17-9-10/h1-9H/b13-8+. The Kier molecular flexibility index (Phi) is 3.09. The van der Waals surface area contributed by atoms with Crippen LogP contribution < -0.4 is 0 Å². The highest BCUT2D eigenvalue weighted by Crippen LogP contribution is 2.20. The van der Waals surface area contributed by atoms with Crippen LogP contribution in [0.2, 0.25) is 0 Å². The monoisotopic (exact) mass is 268 g/mol. The molecule has 5 heteroatoms. The number of nitrogens with zero attached hydrogens (tertiary/aromatic N) is 2. The van der Waals surface area contributed by atoms with Crippen LogP contribution in [-0.2, 0) is 9.53 Å². The molecule has 0 atom stereocenters. The molecule has 0 saturated heterocycles. The summed E-state index contributed by atoms with van der Waals surface area (Å²) in [5.41, 5.74) is 1.00. The van der Waals surface area contributed by atoms with E-state index in [4.69, 9.17) is 4.74 Å². The highest BCUT2D eigenvalue weighted by Gasteiger charge is 2.25. The molecule has 0 bridgehead atoms. The van der Waals surface area contributed by atoms with Crippen molar-refractivity contribution in [2.75, 3.05) is 0 Å². The number of carbonyl (C=O) groups excluding carboxylic acids is 1. The van der Waals surface area contributed by atoms with Crippen molar-refractivity contribution in [1.82, 2.24) is 4.98 Å². The lowest BCUT2D eigenvalue weighted by molar-refractivity contribution is -0.129. The van der Waals surface area contributed by atoms with E-state index in [2.05, 4.69) is 9.98 Å². The Morgan fingerprint density at radius 1 is 1.15 bits per heavy atom. The van der Waals surface area contributed by atoms with Gasteiger partial charge in [0.2, 0.25) is 5.90 Å². The molecule has 1 aliphatic heterocycles. The topological polar surface area (TPSA) is 51.5 Å². The molecule has 2 heterocycles. The minimum absolute atomic E-state index is 0.0248. The van der Waals surface area contributed by atoms with Gasteiger partial charge >= 0.3 is 5.97 Å². The van der Waals surface area contributed by atoms with E-state index in [1.807, 2.05) is 0 Å². The van der Waals surface area contributed by atoms with Crippen molar-refractivity contribution in [2.24, 2.45) is 4.99 Å². The molecule has 0 aliphatic carbocycles. The SMILES string of the molecule is O=C1OC(c2ccccc2F)=N/C1=C/c1cccnc1. The smallest absolute Gasteiger partial charge is 0.363 e. The third-order valence-electron chi connectivity index (χ3n) is 2.71. The fourth-order valence-corrected chi connectivity index (χ4v) is 1.78. The first-order valence-corrected chi connectivity index (χ1v) is 5.91. The van der Waals surface area contributed by atoms with Crippen molar-refractivity contribution in [3.63, 3.8) is 0 Å². The third kappa shape index (κ3) is 2.33. The molecule has 0 radical (unpaired) electrons. The first kappa shape index (κ1) is 12.2. The molecule has 1 aliphatic rings. The molecule has 2 aromatic rings. The minimum Gasteiger partial charge on any atom is -0.402 e. The first-order valence-electron chi connectivity index (χ1n) is 5.91. The van der Waals surface area contributed by atoms with Gasteiger partial charge < -0.3 is 4.74 Å². The van der Waals surface area contributed by atoms with Gasteiger partial charge in [-0.25, -0.2) is 14.2 Å². The van der Waals surface area contributed by atoms with E-state index in [1.54, 1.807) is 42.7 Å². The Bertz CT molecular complexity index is 724. The number of ether oxygens (including phenoxy) is 1. The molecule has 0 fully saturated rings. The summed E-state index contributed by atoms with van der Waals surface area (Å²) in [5, 5.41) is 0. The lowest BCUT2D eigenvalue weighted by atomic mass is 10.2. The van der Waals surface area contributed by atoms with Crippen LogP contribution in [0.15, 0.2) is 59.5 Å². The van der Waals surface area contributed by atoms with Crippen molar-refractivity contribution in [1.29, 1.82) is 0 Å². The minimum atomic E-state index is -0.605. The molecule has 1 aromatic heterocycles. The normalized spacial score (nSPS) is 16.1. The second kappa shape index (κ2) is 5.05. The summed E-state index contributed by atoms with van der Waals surface area (Å²) in [6.07, 6.45) is 4.77. The van der Waals surface area contributed by atoms with Gasteiger partial charge in [-0.2, -0.15) is 0 Å². The van der Waals surface area contributed by atoms with Crippen molar-refractivity contribution in [3.8, 4) is 0 Å². The predicted molar refractivity (Wildman–Crippen MR) is 71.2 cm³/mol. The molecule has 1 aromatic carbocycles. The average Bonchev–Trinajstić information content (AvgIpc) is 2.81. The van der Waals surface area contributed by atoms with Crippen LogP contribution in [0.1, 0.15) is 11.1 Å². The summed E-state index contributed by atoms with van der Waals surface area (Å²) in [5.74, 6) is -1.11. The summed E-state index contributed by atoms with van der Waals surface area (Å²) >= 11 is 0. The van der Waals surface area contributed by atoms with Gasteiger partial charge in [-0.3, -0.25) is 4.98 Å². The predicted octanol–water partition coefficient (Wildman–Crippen LogP) is 2.57. The van der Waals surface area contributed by atoms with Gasteiger partial charge in [0, 0.05) is 12.4 Å². The van der Waals surface area contributed by atoms with E-state index in [1.165, 1.54) is 12.1 Å². The maximum absolute atomic E-state index is 13.6. The first-order chi connectivity index (χ1) is 9.74. The van der Waals surface area contributed by atoms with Gasteiger partial charge in [-0.1, -0.05) is 18.2 Å². The number of pyridine rings is 1. The van der Waals surface area contributed by atoms with Gasteiger partial charge in [0.05, 0.1) is 5.56 Å². The van der Waals surface area contributed by atoms with E-state index in [-0.39, 0.29) is 17.2 Å². The highest BCUT2D eigenvalue weighted by molar-refractivity contribution is 6.12. The molecule has 20 heavy (non-hydrogen) atoms. The summed E-state index contributed by atoms with van der Waals surface area (Å²) in [7, 11) is 0. The van der Waals surface area contributed by atoms with Crippen LogP contribution in [0.25, 0.3) is 6.08 Å². The van der Waals surface area contributed by atoms with Crippen molar-refractivity contribution < 1.29 is 13.9 Å². The Morgan fingerprint density at radius 3 is 2.75 bits per heavy atom. The molecule has 0 N–H and O–H groups in total. The summed E-state index contributed by atoms with van der Waals surface area (Å²) < 4.78 is 18.6. The fraction of sp³-hybridized carbons (Fsp3) is 0. The zero-order valence-electron chi connectivity index (χ0n) is 10.3. The number of aliphatic imine (C=N–C) groups is 1. The van der Waals surface area contributed by atoms with Crippen LogP contribution in [-0.4, -0.2) is 16.9 Å². The maximum Gasteiger partial charge on any atom is 0.363 e. The van der Waals surface area contributed by atoms with E-state index >= 15 is 0 Å². The number of hydrogen-bond acceptors (Lipinski definition) is 4. The van der Waals surface area contributed by atoms with E-state index in [0.29, 0.717) is 0 Å². The number of cyclic esters (lactones) is 1. The number of hydrogen-bond donors (Lipinski definition) is 0. The molecule has 0 amide bonds. The number of rotatable bonds is 2. The number of carbonyl (C=O) groups is 1. The Morgan fingerprint density at radius 2 is 2.00 bits per heavy atom. The molecular formula is C15H9FN2O2. The molecule has 98 valence electrons. The molecule has 0 spiro atoms. The average molecular weight is 268 g/mol. The largest absolute Gasteiger partial charge is 0.402 e. The molecular weight excluding hydrogens is 259 g/mol. The van der Waals surface area contributed by atoms with Gasteiger partial charge in [0.15, 0.2) is 5.70 Å². The third-order valence-corrected chi connectivity index (χ3v) is 2.71. The number of esters is 1. The second-order valence-electron chi connectivity index (χ2n) is 4.10. The zero-order valence-corrected chi connectivity index (χ0v) is 10.3. The van der Waals surface area contributed by atoms with E-state index in [9.17, 15) is 9.18 Å². The summed E-state index contributed by atoms with van der Waals surface area (Å²) in [4.78, 5) is 19.7. The Hall–Kier alpha value is -2.82. The van der Waals surface area contributed by atoms with Gasteiger partial charge in [0.25, 0.3) is 0 Å². The lowest BCUT2D eigenvalue weighted by Gasteiger charge is -1.99. The quantitative estimate of drug-likeness (QED) is 0.621. The van der Waals surface area contributed by atoms with Crippen LogP contribution >= 0.6 is 0 Å². The fourth-order valence-electron chi connectivity index (χ4n) is 1.78. The Labute approximate surface area is 114 Å². The van der Waals surface area contributed by atoms with Gasteiger partial charge in [-0.15, -0.1) is 0 Å². The molecule has 0 unspecified atom stereocenters. The van der Waals surface area contributed by atoms with Crippen LogP contribution in [0.5, 0.6) is 0 Å². The molecule has 0 saturated carbocycles. The molecule has 3 rings (SSSR count). The van der Waals surface area contributed by atoms with Crippen LogP contribution in [0, 0.1) is 5.82 Å². The van der Waals surface area contributed by atoms with Crippen molar-refractivity contribution in [2.45, 2.75) is 0 Å². The number of benzene rings is 1. The summed E-state index contributed by atoms with van der Waals surface area (Å²) in [6, 6.07) is 9.53. The number of aromatic nitrogens is 1. The van der Waals surface area contributed by atoms with E-state index in [0.717, 1.165) is 5.56 Å². The molecule has 4 nitrogen and oxygen atoms in total. The second-order valence-corrected chi connectivity index (χ2v) is 4.10. The van der Waals surface area contributed by atoms with Crippen LogP contribution in [0.3, 0.4) is 0 Å². The highest BCUT2D eigenvalue weighted by atomic mass is 19.1. The lowest BCUT2D eigenvalue weighted by Crippen LogP contribution is -2.07. The maximum atomic E-state index is 13.6. The zero-order chi connectivity index (χ0) is 13.9. The summed E-state index contributed by atoms with van der Waals surface area (Å²) in [6.45, 7) is 0. The van der Waals surface area contributed by atoms with Crippen LogP contribution in [0.4, 0.5) is 4.39 Å². The van der Waals surface area contributed by atoms with Gasteiger partial charge in [-0.05, 0) is 29.8 Å². The van der Waals surface area contributed by atoms with Crippen molar-refractivity contribution >= 4 is 17.9 Å². The Balaban J connectivity index is 1.98. The van der Waals surface area contributed by atoms with Crippen molar-refractivity contribution in [3.05, 3.63) is 71.4 Å². The van der Waals surface area contributed by atoms with Gasteiger partial charge in [0.1, 0.15) is 5.82 Å². The van der Waals surface area contributed by atoms with E-state index < -0.39 is 11.8 Å².